The van der Waals surface area contributed by atoms with Crippen molar-refractivity contribution >= 4 is 11.3 Å². The molecule has 1 aromatic carbocycles. The van der Waals surface area contributed by atoms with Crippen LogP contribution in [0.3, 0.4) is 0 Å². The van der Waals surface area contributed by atoms with Crippen LogP contribution in [0.4, 0.5) is 0 Å². The molecule has 21 heavy (non-hydrogen) atoms. The van der Waals surface area contributed by atoms with Crippen LogP contribution in [0.1, 0.15) is 29.8 Å². The Morgan fingerprint density at radius 1 is 1.10 bits per heavy atom. The van der Waals surface area contributed by atoms with Crippen molar-refractivity contribution in [2.75, 3.05) is 20.8 Å². The number of hydrogen-bond donors (Lipinski definition) is 1. The zero-order chi connectivity index (χ0) is 15.1. The van der Waals surface area contributed by atoms with Crippen molar-refractivity contribution < 1.29 is 9.47 Å². The van der Waals surface area contributed by atoms with Gasteiger partial charge in [-0.2, -0.15) is 0 Å². The average Bonchev–Trinajstić information content (AvgIpc) is 3.03. The van der Waals surface area contributed by atoms with E-state index >= 15 is 0 Å². The van der Waals surface area contributed by atoms with Gasteiger partial charge in [0, 0.05) is 17.3 Å². The molecule has 1 heterocycles. The Kier molecular flexibility index (Phi) is 6.08. The molecule has 0 saturated heterocycles. The van der Waals surface area contributed by atoms with Gasteiger partial charge in [-0.3, -0.25) is 0 Å². The van der Waals surface area contributed by atoms with Gasteiger partial charge in [-0.15, -0.1) is 11.3 Å². The van der Waals surface area contributed by atoms with E-state index in [0.717, 1.165) is 36.4 Å². The highest BCUT2D eigenvalue weighted by Gasteiger charge is 2.21. The minimum absolute atomic E-state index is 0.190. The zero-order valence-electron chi connectivity index (χ0n) is 12.9. The van der Waals surface area contributed by atoms with E-state index in [9.17, 15) is 0 Å². The molecule has 2 rings (SSSR count). The summed E-state index contributed by atoms with van der Waals surface area (Å²) in [6.45, 7) is 3.14. The van der Waals surface area contributed by atoms with Gasteiger partial charge >= 0.3 is 0 Å². The van der Waals surface area contributed by atoms with Crippen molar-refractivity contribution in [1.29, 1.82) is 0 Å². The number of thiophene rings is 1. The standard InChI is InChI=1S/C17H23NO2S/c1-4-10-18-14(12-13-7-6-11-21-13)17-15(19-2)8-5-9-16(17)20-3/h5-9,11,14,18H,4,10,12H2,1-3H3. The summed E-state index contributed by atoms with van der Waals surface area (Å²) in [6, 6.07) is 10.4. The molecule has 0 fully saturated rings. The molecule has 3 nitrogen and oxygen atoms in total. The third-order valence-corrected chi connectivity index (χ3v) is 4.34. The third kappa shape index (κ3) is 3.99. The zero-order valence-corrected chi connectivity index (χ0v) is 13.7. The summed E-state index contributed by atoms with van der Waals surface area (Å²) >= 11 is 1.78. The fraction of sp³-hybridized carbons (Fsp3) is 0.412. The van der Waals surface area contributed by atoms with Crippen LogP contribution in [0.5, 0.6) is 11.5 Å². The van der Waals surface area contributed by atoms with Crippen molar-refractivity contribution in [2.24, 2.45) is 0 Å². The molecule has 1 N–H and O–H groups in total. The highest BCUT2D eigenvalue weighted by Crippen LogP contribution is 2.36. The maximum absolute atomic E-state index is 5.55. The summed E-state index contributed by atoms with van der Waals surface area (Å²) < 4.78 is 11.1. The van der Waals surface area contributed by atoms with Crippen molar-refractivity contribution in [2.45, 2.75) is 25.8 Å². The highest BCUT2D eigenvalue weighted by atomic mass is 32.1. The van der Waals surface area contributed by atoms with Gasteiger partial charge in [-0.25, -0.2) is 0 Å². The molecule has 0 amide bonds. The van der Waals surface area contributed by atoms with Crippen molar-refractivity contribution in [3.63, 3.8) is 0 Å². The lowest BCUT2D eigenvalue weighted by atomic mass is 10.00. The van der Waals surface area contributed by atoms with E-state index in [4.69, 9.17) is 9.47 Å². The number of rotatable bonds is 8. The molecule has 0 aliphatic carbocycles. The van der Waals surface area contributed by atoms with E-state index in [1.54, 1.807) is 25.6 Å². The Labute approximate surface area is 130 Å². The fourth-order valence-electron chi connectivity index (χ4n) is 2.45. The predicted molar refractivity (Wildman–Crippen MR) is 88.6 cm³/mol. The second kappa shape index (κ2) is 8.05. The number of hydrogen-bond acceptors (Lipinski definition) is 4. The van der Waals surface area contributed by atoms with Crippen LogP contribution in [0.2, 0.25) is 0 Å². The smallest absolute Gasteiger partial charge is 0.127 e. The second-order valence-electron chi connectivity index (χ2n) is 4.87. The van der Waals surface area contributed by atoms with Gasteiger partial charge in [0.2, 0.25) is 0 Å². The van der Waals surface area contributed by atoms with Crippen molar-refractivity contribution in [3.8, 4) is 11.5 Å². The maximum atomic E-state index is 5.55. The first kappa shape index (κ1) is 15.9. The molecule has 1 unspecified atom stereocenters. The van der Waals surface area contributed by atoms with Gasteiger partial charge in [-0.05, 0) is 36.5 Å². The van der Waals surface area contributed by atoms with Gasteiger partial charge in [0.05, 0.1) is 19.8 Å². The summed E-state index contributed by atoms with van der Waals surface area (Å²) in [5.41, 5.74) is 1.10. The number of ether oxygens (including phenoxy) is 2. The summed E-state index contributed by atoms with van der Waals surface area (Å²) in [6.07, 6.45) is 2.03. The van der Waals surface area contributed by atoms with Gasteiger partial charge in [-0.1, -0.05) is 19.1 Å². The topological polar surface area (TPSA) is 30.5 Å². The molecule has 0 radical (unpaired) electrons. The molecule has 0 bridgehead atoms. The van der Waals surface area contributed by atoms with Crippen LogP contribution >= 0.6 is 11.3 Å². The monoisotopic (exact) mass is 305 g/mol. The SMILES string of the molecule is CCCNC(Cc1cccs1)c1c(OC)cccc1OC. The summed E-state index contributed by atoms with van der Waals surface area (Å²) in [7, 11) is 3.42. The van der Waals surface area contributed by atoms with Gasteiger partial charge in [0.15, 0.2) is 0 Å². The Bertz CT molecular complexity index is 517. The van der Waals surface area contributed by atoms with E-state index in [0.29, 0.717) is 0 Å². The van der Waals surface area contributed by atoms with E-state index in [1.165, 1.54) is 4.88 Å². The van der Waals surface area contributed by atoms with Crippen LogP contribution in [-0.2, 0) is 6.42 Å². The molecule has 2 aromatic rings. The summed E-state index contributed by atoms with van der Waals surface area (Å²) in [5.74, 6) is 1.75. The van der Waals surface area contributed by atoms with Gasteiger partial charge in [0.1, 0.15) is 11.5 Å². The molecule has 1 atom stereocenters. The Balaban J connectivity index is 2.34. The minimum atomic E-state index is 0.190. The lowest BCUT2D eigenvalue weighted by Gasteiger charge is -2.23. The lowest BCUT2D eigenvalue weighted by molar-refractivity contribution is 0.369. The van der Waals surface area contributed by atoms with Crippen LogP contribution in [0.25, 0.3) is 0 Å². The van der Waals surface area contributed by atoms with Crippen LogP contribution in [0.15, 0.2) is 35.7 Å². The van der Waals surface area contributed by atoms with Crippen LogP contribution in [-0.4, -0.2) is 20.8 Å². The number of nitrogens with one attached hydrogen (secondary N) is 1. The Morgan fingerprint density at radius 2 is 1.81 bits per heavy atom. The Hall–Kier alpha value is -1.52. The first-order valence-corrected chi connectivity index (χ1v) is 8.14. The molecule has 0 aliphatic rings. The summed E-state index contributed by atoms with van der Waals surface area (Å²) in [4.78, 5) is 1.36. The van der Waals surface area contributed by atoms with Gasteiger partial charge in [0.25, 0.3) is 0 Å². The predicted octanol–water partition coefficient (Wildman–Crippen LogP) is 4.05. The molecular formula is C17H23NO2S. The molecule has 0 spiro atoms. The Morgan fingerprint density at radius 3 is 2.33 bits per heavy atom. The maximum Gasteiger partial charge on any atom is 0.127 e. The number of benzene rings is 1. The van der Waals surface area contributed by atoms with E-state index in [2.05, 4.69) is 29.8 Å². The first-order valence-electron chi connectivity index (χ1n) is 7.26. The third-order valence-electron chi connectivity index (χ3n) is 3.44. The fourth-order valence-corrected chi connectivity index (χ4v) is 3.20. The largest absolute Gasteiger partial charge is 0.496 e. The second-order valence-corrected chi connectivity index (χ2v) is 5.90. The molecule has 4 heteroatoms. The van der Waals surface area contributed by atoms with Gasteiger partial charge < -0.3 is 14.8 Å². The van der Waals surface area contributed by atoms with E-state index in [-0.39, 0.29) is 6.04 Å². The minimum Gasteiger partial charge on any atom is -0.496 e. The first-order chi connectivity index (χ1) is 10.3. The van der Waals surface area contributed by atoms with Crippen LogP contribution < -0.4 is 14.8 Å². The number of methoxy groups -OCH3 is 2. The molecule has 114 valence electrons. The van der Waals surface area contributed by atoms with Crippen LogP contribution in [0, 0.1) is 0 Å². The molecule has 1 aromatic heterocycles. The highest BCUT2D eigenvalue weighted by molar-refractivity contribution is 7.09. The summed E-state index contributed by atoms with van der Waals surface area (Å²) in [5, 5.41) is 5.74. The van der Waals surface area contributed by atoms with Crippen molar-refractivity contribution in [1.82, 2.24) is 5.32 Å². The van der Waals surface area contributed by atoms with E-state index < -0.39 is 0 Å². The van der Waals surface area contributed by atoms with Crippen molar-refractivity contribution in [3.05, 3.63) is 46.2 Å². The molecule has 0 aliphatic heterocycles. The lowest BCUT2D eigenvalue weighted by Crippen LogP contribution is -2.25. The molecule has 0 saturated carbocycles. The van der Waals surface area contributed by atoms with E-state index in [1.807, 2.05) is 18.2 Å². The normalized spacial score (nSPS) is 12.1. The average molecular weight is 305 g/mol. The quantitative estimate of drug-likeness (QED) is 0.798. The molecular weight excluding hydrogens is 282 g/mol.